The molecule has 8 rings (SSSR count). The molecule has 0 atom stereocenters. The van der Waals surface area contributed by atoms with E-state index >= 15 is 0 Å². The molecule has 0 saturated carbocycles. The molecule has 352 valence electrons. The number of anilines is 5. The number of halogens is 1. The summed E-state index contributed by atoms with van der Waals surface area (Å²) in [6, 6.07) is 22.5. The van der Waals surface area contributed by atoms with Gasteiger partial charge in [-0.15, -0.1) is 0 Å². The average molecular weight is 934 g/mol. The van der Waals surface area contributed by atoms with Gasteiger partial charge in [0.25, 0.3) is 11.8 Å². The van der Waals surface area contributed by atoms with E-state index in [1.54, 1.807) is 84.8 Å². The van der Waals surface area contributed by atoms with Crippen LogP contribution in [0, 0.1) is 13.8 Å². The molecule has 67 heavy (non-hydrogen) atoms. The number of nitrogens with one attached hydrogen (secondary N) is 2. The lowest BCUT2D eigenvalue weighted by Gasteiger charge is -2.16. The molecule has 2 aromatic carbocycles. The fourth-order valence-corrected chi connectivity index (χ4v) is 7.76. The maximum atomic E-state index is 12.9. The van der Waals surface area contributed by atoms with Crippen molar-refractivity contribution in [3.63, 3.8) is 0 Å². The topological polar surface area (TPSA) is 198 Å². The summed E-state index contributed by atoms with van der Waals surface area (Å²) >= 11 is 6.10. The van der Waals surface area contributed by atoms with Gasteiger partial charge < -0.3 is 54.6 Å². The molecule has 0 saturated heterocycles. The molecular weight excluding hydrogens is 878 g/mol. The Balaban J connectivity index is 0.000000189. The lowest BCUT2D eigenvalue weighted by atomic mass is 10.1. The van der Waals surface area contributed by atoms with Gasteiger partial charge in [0.1, 0.15) is 34.0 Å². The number of nitrogens with zero attached hydrogens (tertiary/aromatic N) is 6. The smallest absolute Gasteiger partial charge is 0.257 e. The van der Waals surface area contributed by atoms with Crippen LogP contribution in [0.2, 0.25) is 5.15 Å². The number of hydrogen-bond acceptors (Lipinski definition) is 15. The molecule has 2 aliphatic heterocycles. The predicted molar refractivity (Wildman–Crippen MR) is 257 cm³/mol. The van der Waals surface area contributed by atoms with Crippen LogP contribution in [-0.4, -0.2) is 98.3 Å². The highest BCUT2D eigenvalue weighted by atomic mass is 35.5. The molecule has 0 spiro atoms. The molecular formula is C49H56ClN9O8. The minimum Gasteiger partial charge on any atom is -0.495 e. The highest BCUT2D eigenvalue weighted by Crippen LogP contribution is 2.37. The Morgan fingerprint density at radius 2 is 1.04 bits per heavy atom. The minimum atomic E-state index is -0.0772. The van der Waals surface area contributed by atoms with Crippen molar-refractivity contribution in [3.05, 3.63) is 134 Å². The number of aromatic nitrogens is 4. The maximum Gasteiger partial charge on any atom is 0.257 e. The van der Waals surface area contributed by atoms with E-state index in [0.29, 0.717) is 83.4 Å². The van der Waals surface area contributed by atoms with Crippen LogP contribution < -0.4 is 35.3 Å². The van der Waals surface area contributed by atoms with Gasteiger partial charge in [-0.05, 0) is 85.6 Å². The quantitative estimate of drug-likeness (QED) is 0.0886. The summed E-state index contributed by atoms with van der Waals surface area (Å²) in [6.45, 7) is 5.68. The first kappa shape index (κ1) is 49.2. The van der Waals surface area contributed by atoms with Crippen LogP contribution in [0.1, 0.15) is 66.0 Å². The van der Waals surface area contributed by atoms with E-state index in [4.69, 9.17) is 50.7 Å². The Labute approximate surface area is 395 Å². The largest absolute Gasteiger partial charge is 0.495 e. The number of carbonyl (C=O) groups excluding carboxylic acids is 2. The van der Waals surface area contributed by atoms with E-state index in [1.807, 2.05) is 68.4 Å². The molecule has 0 fully saturated rings. The van der Waals surface area contributed by atoms with Gasteiger partial charge in [-0.3, -0.25) is 19.6 Å². The second kappa shape index (κ2) is 22.3. The van der Waals surface area contributed by atoms with Crippen molar-refractivity contribution < 1.29 is 38.0 Å². The summed E-state index contributed by atoms with van der Waals surface area (Å²) in [7, 11) is 13.3. The number of methoxy groups -OCH3 is 6. The summed E-state index contributed by atoms with van der Waals surface area (Å²) in [4.78, 5) is 46.2. The fourth-order valence-electron chi connectivity index (χ4n) is 7.55. The standard InChI is InChI=1S/C25H28N4O4.C17H18ClN3O3.C7H10N2O/c1-15-22(32-4)9-7-17(26-15)11-18-12-20(24-21(27-18)13-29(2)25(24)30)28-19-8-6-16(14-31-3)10-23(19)33-5;1-21-8-13-16(17(21)22)12(7-15(18)20-13)19-11-5-4-10(9-23-2)6-14(11)24-3;1-5-6(10-2)3-4-7(8)9-5/h6-10,12H,11,13-14H2,1-5H3,(H,27,28);4-7H,8-9H2,1-3H3,(H,19,20);3-4H,1-2H3,(H2,8,9). The highest BCUT2D eigenvalue weighted by molar-refractivity contribution is 6.30. The number of hydrogen-bond donors (Lipinski definition) is 3. The molecule has 0 radical (unpaired) electrons. The molecule has 0 bridgehead atoms. The van der Waals surface area contributed by atoms with Gasteiger partial charge >= 0.3 is 0 Å². The Morgan fingerprint density at radius 3 is 1.52 bits per heavy atom. The van der Waals surface area contributed by atoms with Crippen LogP contribution in [0.5, 0.6) is 23.0 Å². The van der Waals surface area contributed by atoms with E-state index in [0.717, 1.165) is 62.5 Å². The number of benzene rings is 2. The number of rotatable bonds is 14. The Bertz CT molecular complexity index is 2760. The van der Waals surface area contributed by atoms with Crippen molar-refractivity contribution in [1.29, 1.82) is 0 Å². The second-order valence-electron chi connectivity index (χ2n) is 15.6. The number of ether oxygens (including phenoxy) is 6. The fraction of sp³-hybridized carbons (Fsp3) is 0.306. The SMILES string of the molecule is COCc1ccc(Nc2cc(Cc3ccc(OC)c(C)n3)nc3c2C(=O)N(C)C3)c(OC)c1.COCc1ccc(Nc2cc(Cl)nc3c2C(=O)N(C)C3)c(OC)c1.COc1ccc(N)nc1C. The molecule has 4 aromatic heterocycles. The zero-order chi connectivity index (χ0) is 48.4. The van der Waals surface area contributed by atoms with Gasteiger partial charge in [-0.2, -0.15) is 0 Å². The number of nitrogen functional groups attached to an aromatic ring is 1. The van der Waals surface area contributed by atoms with Gasteiger partial charge in [0, 0.05) is 46.1 Å². The monoisotopic (exact) mass is 933 g/mol. The number of fused-ring (bicyclic) bond motifs is 2. The van der Waals surface area contributed by atoms with Crippen LogP contribution in [-0.2, 0) is 42.2 Å². The van der Waals surface area contributed by atoms with Crippen LogP contribution >= 0.6 is 11.6 Å². The molecule has 4 N–H and O–H groups in total. The first-order chi connectivity index (χ1) is 32.2. The van der Waals surface area contributed by atoms with Gasteiger partial charge in [0.15, 0.2) is 0 Å². The van der Waals surface area contributed by atoms with Crippen LogP contribution in [0.4, 0.5) is 28.6 Å². The summed E-state index contributed by atoms with van der Waals surface area (Å²) in [5.74, 6) is 3.24. The molecule has 6 aromatic rings. The van der Waals surface area contributed by atoms with Crippen molar-refractivity contribution in [2.75, 3.05) is 73.1 Å². The molecule has 2 amide bonds. The molecule has 17 nitrogen and oxygen atoms in total. The highest BCUT2D eigenvalue weighted by Gasteiger charge is 2.31. The van der Waals surface area contributed by atoms with Crippen molar-refractivity contribution in [2.24, 2.45) is 0 Å². The summed E-state index contributed by atoms with van der Waals surface area (Å²) in [5.41, 5.74) is 16.1. The zero-order valence-corrected chi connectivity index (χ0v) is 40.1. The average Bonchev–Trinajstić information content (AvgIpc) is 3.76. The van der Waals surface area contributed by atoms with E-state index in [1.165, 1.54) is 0 Å². The summed E-state index contributed by atoms with van der Waals surface area (Å²) in [6.07, 6.45) is 0.536. The molecule has 0 unspecified atom stereocenters. The third-order valence-electron chi connectivity index (χ3n) is 10.8. The Hall–Kier alpha value is -7.21. The van der Waals surface area contributed by atoms with E-state index < -0.39 is 0 Å². The first-order valence-corrected chi connectivity index (χ1v) is 21.4. The summed E-state index contributed by atoms with van der Waals surface area (Å²) in [5, 5.41) is 7.00. The Morgan fingerprint density at radius 1 is 0.567 bits per heavy atom. The summed E-state index contributed by atoms with van der Waals surface area (Å²) < 4.78 is 31.7. The van der Waals surface area contributed by atoms with E-state index in [9.17, 15) is 9.59 Å². The van der Waals surface area contributed by atoms with Crippen molar-refractivity contribution in [1.82, 2.24) is 29.7 Å². The van der Waals surface area contributed by atoms with Gasteiger partial charge in [-0.1, -0.05) is 23.7 Å². The third-order valence-corrected chi connectivity index (χ3v) is 10.9. The van der Waals surface area contributed by atoms with Crippen LogP contribution in [0.3, 0.4) is 0 Å². The minimum absolute atomic E-state index is 0.0556. The molecule has 0 aliphatic carbocycles. The number of aryl methyl sites for hydroxylation is 2. The first-order valence-electron chi connectivity index (χ1n) is 21.1. The van der Waals surface area contributed by atoms with E-state index in [2.05, 4.69) is 25.6 Å². The Kier molecular flexibility index (Phi) is 16.4. The van der Waals surface area contributed by atoms with Crippen LogP contribution in [0.15, 0.2) is 72.8 Å². The number of nitrogens with two attached hydrogens (primary N) is 1. The second-order valence-corrected chi connectivity index (χ2v) is 16.0. The van der Waals surface area contributed by atoms with Crippen molar-refractivity contribution in [2.45, 2.75) is 46.6 Å². The number of pyridine rings is 4. The molecule has 18 heteroatoms. The van der Waals surface area contributed by atoms with Gasteiger partial charge in [0.05, 0.1) is 111 Å². The van der Waals surface area contributed by atoms with E-state index in [-0.39, 0.29) is 11.8 Å². The number of carbonyl (C=O) groups is 2. The maximum absolute atomic E-state index is 12.9. The third kappa shape index (κ3) is 11.8. The molecule has 2 aliphatic rings. The van der Waals surface area contributed by atoms with Gasteiger partial charge in [0.2, 0.25) is 0 Å². The lowest BCUT2D eigenvalue weighted by molar-refractivity contribution is 0.0809. The molecule has 6 heterocycles. The van der Waals surface area contributed by atoms with Crippen LogP contribution in [0.25, 0.3) is 0 Å². The van der Waals surface area contributed by atoms with Gasteiger partial charge in [-0.25, -0.2) is 9.97 Å². The van der Waals surface area contributed by atoms with Crippen molar-refractivity contribution in [3.8, 4) is 23.0 Å². The predicted octanol–water partition coefficient (Wildman–Crippen LogP) is 8.07. The number of amides is 2. The normalized spacial score (nSPS) is 12.3. The van der Waals surface area contributed by atoms with Crippen molar-refractivity contribution >= 4 is 52.0 Å². The zero-order valence-electron chi connectivity index (χ0n) is 39.4. The lowest BCUT2D eigenvalue weighted by Crippen LogP contribution is -2.18.